The van der Waals surface area contributed by atoms with Crippen LogP contribution in [0.3, 0.4) is 0 Å². The molecule has 0 fully saturated rings. The zero-order chi connectivity index (χ0) is 21.9. The van der Waals surface area contributed by atoms with Gasteiger partial charge in [-0.3, -0.25) is 4.79 Å². The van der Waals surface area contributed by atoms with Crippen LogP contribution < -0.4 is 15.4 Å². The highest BCUT2D eigenvalue weighted by Crippen LogP contribution is 2.27. The fourth-order valence-corrected chi connectivity index (χ4v) is 3.81. The Morgan fingerprint density at radius 3 is 2.78 bits per heavy atom. The monoisotopic (exact) mass is 428 g/mol. The molecule has 0 atom stereocenters. The second-order valence-corrected chi connectivity index (χ2v) is 7.69. The molecule has 162 valence electrons. The number of aromatic nitrogens is 2. The molecule has 0 bridgehead atoms. The van der Waals surface area contributed by atoms with E-state index in [-0.39, 0.29) is 5.91 Å². The van der Waals surface area contributed by atoms with E-state index in [1.165, 1.54) is 5.56 Å². The summed E-state index contributed by atoms with van der Waals surface area (Å²) in [5.41, 5.74) is 6.40. The summed E-state index contributed by atoms with van der Waals surface area (Å²) in [4.78, 5) is 20.6. The first kappa shape index (κ1) is 20.1. The summed E-state index contributed by atoms with van der Waals surface area (Å²) in [6, 6.07) is 19.1. The Kier molecular flexibility index (Phi) is 5.47. The van der Waals surface area contributed by atoms with E-state index in [9.17, 15) is 4.79 Å². The van der Waals surface area contributed by atoms with Gasteiger partial charge in [-0.25, -0.2) is 4.98 Å². The molecule has 3 aromatic carbocycles. The molecule has 0 saturated heterocycles. The number of carbonyl (C=O) groups excluding carboxylic acids is 1. The van der Waals surface area contributed by atoms with Crippen LogP contribution in [0.5, 0.6) is 5.75 Å². The lowest BCUT2D eigenvalue weighted by Crippen LogP contribution is -2.11. The molecule has 5 rings (SSSR count). The van der Waals surface area contributed by atoms with Crippen LogP contribution in [-0.2, 0) is 11.2 Å². The molecule has 3 N–H and O–H groups in total. The van der Waals surface area contributed by atoms with Gasteiger partial charge >= 0.3 is 0 Å². The van der Waals surface area contributed by atoms with Gasteiger partial charge in [0.15, 0.2) is 0 Å². The van der Waals surface area contributed by atoms with E-state index >= 15 is 0 Å². The topological polar surface area (TPSA) is 88.3 Å². The van der Waals surface area contributed by atoms with E-state index in [2.05, 4.69) is 26.7 Å². The molecule has 7 heteroatoms. The summed E-state index contributed by atoms with van der Waals surface area (Å²) in [6.07, 6.45) is 1.02. The third-order valence-electron chi connectivity index (χ3n) is 5.51. The second-order valence-electron chi connectivity index (χ2n) is 7.69. The minimum atomic E-state index is -0.142. The minimum Gasteiger partial charge on any atom is -0.491 e. The van der Waals surface area contributed by atoms with Gasteiger partial charge in [0.2, 0.25) is 0 Å². The zero-order valence-corrected chi connectivity index (χ0v) is 17.8. The van der Waals surface area contributed by atoms with Crippen molar-refractivity contribution in [1.29, 1.82) is 0 Å². The average Bonchev–Trinajstić information content (AvgIpc) is 3.45. The number of aromatic amines is 1. The van der Waals surface area contributed by atoms with Crippen LogP contribution in [0, 0.1) is 0 Å². The normalized spacial score (nSPS) is 12.4. The third kappa shape index (κ3) is 4.15. The number of nitrogens with zero attached hydrogens (tertiary/aromatic N) is 1. The highest BCUT2D eigenvalue weighted by molar-refractivity contribution is 6.04. The van der Waals surface area contributed by atoms with Gasteiger partial charge in [0.05, 0.1) is 17.6 Å². The zero-order valence-electron chi connectivity index (χ0n) is 17.8. The van der Waals surface area contributed by atoms with Crippen molar-refractivity contribution in [3.63, 3.8) is 0 Å². The van der Waals surface area contributed by atoms with Crippen molar-refractivity contribution in [3.8, 4) is 17.1 Å². The van der Waals surface area contributed by atoms with Crippen LogP contribution >= 0.6 is 0 Å². The first-order valence-electron chi connectivity index (χ1n) is 10.6. The van der Waals surface area contributed by atoms with E-state index in [4.69, 9.17) is 9.47 Å². The smallest absolute Gasteiger partial charge is 0.255 e. The Bertz CT molecular complexity index is 1260. The van der Waals surface area contributed by atoms with Gasteiger partial charge in [-0.1, -0.05) is 18.2 Å². The number of carbonyl (C=O) groups is 1. The summed E-state index contributed by atoms with van der Waals surface area (Å²) >= 11 is 0. The third-order valence-corrected chi connectivity index (χ3v) is 5.51. The molecule has 0 radical (unpaired) electrons. The molecule has 0 unspecified atom stereocenters. The van der Waals surface area contributed by atoms with Crippen LogP contribution in [0.15, 0.2) is 60.7 Å². The molecule has 1 aliphatic rings. The number of amides is 1. The molecule has 1 aliphatic heterocycles. The summed E-state index contributed by atoms with van der Waals surface area (Å²) in [6.45, 7) is 1.97. The van der Waals surface area contributed by atoms with Crippen molar-refractivity contribution in [1.82, 2.24) is 9.97 Å². The average molecular weight is 428 g/mol. The highest BCUT2D eigenvalue weighted by Gasteiger charge is 2.13. The van der Waals surface area contributed by atoms with E-state index in [0.29, 0.717) is 18.8 Å². The number of nitrogens with one attached hydrogen (secondary N) is 3. The van der Waals surface area contributed by atoms with E-state index < -0.39 is 0 Å². The number of hydrogen-bond donors (Lipinski definition) is 3. The predicted octanol–water partition coefficient (Wildman–Crippen LogP) is 4.48. The number of methoxy groups -OCH3 is 1. The standard InChI is InChI=1S/C25H24N4O3/c1-31-12-13-32-20-8-9-21-23(15-20)29-24(28-21)17-2-4-18(5-3-17)25(30)27-19-7-6-16-10-11-26-22(16)14-19/h2-9,14-15,26H,10-13H2,1H3,(H,27,30)(H,28,29). The summed E-state index contributed by atoms with van der Waals surface area (Å²) < 4.78 is 10.7. The van der Waals surface area contributed by atoms with Crippen molar-refractivity contribution in [2.45, 2.75) is 6.42 Å². The molecule has 0 spiro atoms. The maximum absolute atomic E-state index is 12.7. The van der Waals surface area contributed by atoms with Crippen molar-refractivity contribution in [2.24, 2.45) is 0 Å². The van der Waals surface area contributed by atoms with E-state index in [1.807, 2.05) is 54.6 Å². The number of imidazole rings is 1. The fourth-order valence-electron chi connectivity index (χ4n) is 3.81. The lowest BCUT2D eigenvalue weighted by Gasteiger charge is -2.08. The second kappa shape index (κ2) is 8.72. The first-order chi connectivity index (χ1) is 15.7. The lowest BCUT2D eigenvalue weighted by molar-refractivity contribution is 0.102. The maximum Gasteiger partial charge on any atom is 0.255 e. The van der Waals surface area contributed by atoms with Gasteiger partial charge in [-0.15, -0.1) is 0 Å². The SMILES string of the molecule is COCCOc1ccc2nc(-c3ccc(C(=O)Nc4ccc5c(c4)NCC5)cc3)[nH]c2c1. The molecule has 4 aromatic rings. The van der Waals surface area contributed by atoms with Gasteiger partial charge in [-0.05, 0) is 48.4 Å². The number of rotatable bonds is 7. The summed E-state index contributed by atoms with van der Waals surface area (Å²) in [7, 11) is 1.65. The molecule has 2 heterocycles. The Morgan fingerprint density at radius 2 is 1.94 bits per heavy atom. The number of benzene rings is 3. The van der Waals surface area contributed by atoms with Crippen LogP contribution in [0.4, 0.5) is 11.4 Å². The minimum absolute atomic E-state index is 0.142. The number of H-pyrrole nitrogens is 1. The van der Waals surface area contributed by atoms with Gasteiger partial charge in [-0.2, -0.15) is 0 Å². The Hall–Kier alpha value is -3.84. The number of ether oxygens (including phenoxy) is 2. The van der Waals surface area contributed by atoms with Gasteiger partial charge in [0.25, 0.3) is 5.91 Å². The van der Waals surface area contributed by atoms with Crippen molar-refractivity contribution in [2.75, 3.05) is 37.5 Å². The Morgan fingerprint density at radius 1 is 1.06 bits per heavy atom. The summed E-state index contributed by atoms with van der Waals surface area (Å²) in [5, 5.41) is 6.30. The molecular formula is C25H24N4O3. The number of anilines is 2. The summed E-state index contributed by atoms with van der Waals surface area (Å²) in [5.74, 6) is 1.36. The number of hydrogen-bond acceptors (Lipinski definition) is 5. The molecule has 32 heavy (non-hydrogen) atoms. The van der Waals surface area contributed by atoms with Crippen LogP contribution in [0.1, 0.15) is 15.9 Å². The van der Waals surface area contributed by atoms with E-state index in [0.717, 1.165) is 52.5 Å². The molecule has 1 aromatic heterocycles. The van der Waals surface area contributed by atoms with Gasteiger partial charge in [0, 0.05) is 42.2 Å². The van der Waals surface area contributed by atoms with Crippen molar-refractivity contribution in [3.05, 3.63) is 71.8 Å². The van der Waals surface area contributed by atoms with Crippen LogP contribution in [0.2, 0.25) is 0 Å². The lowest BCUT2D eigenvalue weighted by atomic mass is 10.1. The fraction of sp³-hybridized carbons (Fsp3) is 0.200. The van der Waals surface area contributed by atoms with Gasteiger partial charge in [0.1, 0.15) is 18.2 Å². The van der Waals surface area contributed by atoms with Gasteiger partial charge < -0.3 is 25.1 Å². The number of fused-ring (bicyclic) bond motifs is 2. The Labute approximate surface area is 185 Å². The van der Waals surface area contributed by atoms with E-state index in [1.54, 1.807) is 7.11 Å². The molecule has 7 nitrogen and oxygen atoms in total. The van der Waals surface area contributed by atoms with Crippen LogP contribution in [-0.4, -0.2) is 42.7 Å². The molecule has 0 aliphatic carbocycles. The Balaban J connectivity index is 1.29. The molecule has 1 amide bonds. The van der Waals surface area contributed by atoms with Crippen molar-refractivity contribution >= 4 is 28.3 Å². The van der Waals surface area contributed by atoms with Crippen molar-refractivity contribution < 1.29 is 14.3 Å². The quantitative estimate of drug-likeness (QED) is 0.378. The predicted molar refractivity (Wildman–Crippen MR) is 125 cm³/mol. The molecule has 0 saturated carbocycles. The highest BCUT2D eigenvalue weighted by atomic mass is 16.5. The van der Waals surface area contributed by atoms with Crippen LogP contribution in [0.25, 0.3) is 22.4 Å². The first-order valence-corrected chi connectivity index (χ1v) is 10.6. The largest absolute Gasteiger partial charge is 0.491 e. The maximum atomic E-state index is 12.7. The molecular weight excluding hydrogens is 404 g/mol.